The summed E-state index contributed by atoms with van der Waals surface area (Å²) in [5.41, 5.74) is 6.54. The van der Waals surface area contributed by atoms with Gasteiger partial charge in [0.15, 0.2) is 0 Å². The zero-order chi connectivity index (χ0) is 11.5. The number of hydrogen-bond donors (Lipinski definition) is 1. The van der Waals surface area contributed by atoms with Crippen LogP contribution in [0.25, 0.3) is 0 Å². The molecule has 1 heterocycles. The van der Waals surface area contributed by atoms with Gasteiger partial charge >= 0.3 is 6.03 Å². The van der Waals surface area contributed by atoms with Crippen LogP contribution in [0.15, 0.2) is 24.3 Å². The Bertz CT molecular complexity index is 369. The van der Waals surface area contributed by atoms with Crippen molar-refractivity contribution in [1.29, 1.82) is 0 Å². The molecule has 3 nitrogen and oxygen atoms in total. The first-order valence-electron chi connectivity index (χ1n) is 5.46. The third kappa shape index (κ3) is 2.47. The van der Waals surface area contributed by atoms with Crippen molar-refractivity contribution in [3.8, 4) is 0 Å². The second kappa shape index (κ2) is 4.74. The minimum absolute atomic E-state index is 0.311. The van der Waals surface area contributed by atoms with Crippen LogP contribution >= 0.6 is 11.6 Å². The van der Waals surface area contributed by atoms with Gasteiger partial charge in [0.05, 0.1) is 0 Å². The molecule has 1 fully saturated rings. The molecule has 0 bridgehead atoms. The maximum Gasteiger partial charge on any atom is 0.314 e. The lowest BCUT2D eigenvalue weighted by molar-refractivity contribution is 0.190. The van der Waals surface area contributed by atoms with E-state index in [1.807, 2.05) is 12.1 Å². The van der Waals surface area contributed by atoms with Crippen LogP contribution in [0.2, 0.25) is 5.02 Å². The van der Waals surface area contributed by atoms with Crippen LogP contribution in [-0.2, 0) is 0 Å². The summed E-state index contributed by atoms with van der Waals surface area (Å²) in [5.74, 6) is 0.521. The van der Waals surface area contributed by atoms with E-state index in [2.05, 4.69) is 12.1 Å². The molecule has 2 rings (SSSR count). The Morgan fingerprint density at radius 1 is 1.25 bits per heavy atom. The standard InChI is InChI=1S/C12H15ClN2O/c13-11-3-1-9(2-4-11)10-5-7-15(8-6-10)12(14)16/h1-4,10H,5-8H2,(H2,14,16). The largest absolute Gasteiger partial charge is 0.351 e. The van der Waals surface area contributed by atoms with Gasteiger partial charge in [-0.2, -0.15) is 0 Å². The van der Waals surface area contributed by atoms with Crippen LogP contribution in [0, 0.1) is 0 Å². The highest BCUT2D eigenvalue weighted by Crippen LogP contribution is 2.28. The van der Waals surface area contributed by atoms with Crippen molar-refractivity contribution in [2.45, 2.75) is 18.8 Å². The Kier molecular flexibility index (Phi) is 3.34. The number of likely N-dealkylation sites (tertiary alicyclic amines) is 1. The number of halogens is 1. The maximum absolute atomic E-state index is 11.0. The summed E-state index contributed by atoms with van der Waals surface area (Å²) < 4.78 is 0. The summed E-state index contributed by atoms with van der Waals surface area (Å²) in [7, 11) is 0. The molecule has 0 aromatic heterocycles. The van der Waals surface area contributed by atoms with Gasteiger partial charge in [-0.05, 0) is 36.5 Å². The summed E-state index contributed by atoms with van der Waals surface area (Å²) in [6, 6.07) is 7.64. The Labute approximate surface area is 100 Å². The van der Waals surface area contributed by atoms with Crippen molar-refractivity contribution in [2.75, 3.05) is 13.1 Å². The molecule has 1 aliphatic rings. The van der Waals surface area contributed by atoms with Crippen LogP contribution in [0.4, 0.5) is 4.79 Å². The second-order valence-corrected chi connectivity index (χ2v) is 4.59. The van der Waals surface area contributed by atoms with Crippen LogP contribution < -0.4 is 5.73 Å². The average molecular weight is 239 g/mol. The van der Waals surface area contributed by atoms with Crippen molar-refractivity contribution in [3.05, 3.63) is 34.9 Å². The Hall–Kier alpha value is -1.22. The maximum atomic E-state index is 11.0. The fourth-order valence-corrected chi connectivity index (χ4v) is 2.29. The van der Waals surface area contributed by atoms with Gasteiger partial charge in [0.2, 0.25) is 0 Å². The lowest BCUT2D eigenvalue weighted by Crippen LogP contribution is -2.41. The number of carbonyl (C=O) groups is 1. The van der Waals surface area contributed by atoms with Crippen molar-refractivity contribution >= 4 is 17.6 Å². The zero-order valence-corrected chi connectivity index (χ0v) is 9.78. The van der Waals surface area contributed by atoms with Crippen molar-refractivity contribution in [2.24, 2.45) is 5.73 Å². The average Bonchev–Trinajstić information content (AvgIpc) is 2.30. The minimum Gasteiger partial charge on any atom is -0.351 e. The van der Waals surface area contributed by atoms with Gasteiger partial charge in [0.1, 0.15) is 0 Å². The van der Waals surface area contributed by atoms with Crippen LogP contribution in [0.3, 0.4) is 0 Å². The molecule has 0 saturated carbocycles. The molecule has 1 aromatic carbocycles. The van der Waals surface area contributed by atoms with Gasteiger partial charge < -0.3 is 10.6 Å². The molecule has 2 amide bonds. The number of benzene rings is 1. The molecule has 0 unspecified atom stereocenters. The number of hydrogen-bond acceptors (Lipinski definition) is 1. The molecule has 2 N–H and O–H groups in total. The van der Waals surface area contributed by atoms with Gasteiger partial charge in [-0.25, -0.2) is 4.79 Å². The Morgan fingerprint density at radius 3 is 2.31 bits per heavy atom. The first kappa shape index (κ1) is 11.3. The fourth-order valence-electron chi connectivity index (χ4n) is 2.17. The third-order valence-electron chi connectivity index (χ3n) is 3.15. The molecule has 1 aromatic rings. The third-order valence-corrected chi connectivity index (χ3v) is 3.40. The number of urea groups is 1. The summed E-state index contributed by atoms with van der Waals surface area (Å²) >= 11 is 5.85. The lowest BCUT2D eigenvalue weighted by atomic mass is 9.90. The molecule has 0 radical (unpaired) electrons. The molecule has 0 atom stereocenters. The minimum atomic E-state index is -0.311. The van der Waals surface area contributed by atoms with E-state index in [-0.39, 0.29) is 6.03 Å². The molecular formula is C12H15ClN2O. The molecular weight excluding hydrogens is 224 g/mol. The predicted octanol–water partition coefficient (Wildman–Crippen LogP) is 2.60. The smallest absolute Gasteiger partial charge is 0.314 e. The van der Waals surface area contributed by atoms with E-state index in [1.54, 1.807) is 4.90 Å². The number of nitrogens with zero attached hydrogens (tertiary/aromatic N) is 1. The van der Waals surface area contributed by atoms with E-state index < -0.39 is 0 Å². The molecule has 4 heteroatoms. The summed E-state index contributed by atoms with van der Waals surface area (Å²) in [6.45, 7) is 1.51. The molecule has 0 spiro atoms. The van der Waals surface area contributed by atoms with Crippen molar-refractivity contribution < 1.29 is 4.79 Å². The number of piperidine rings is 1. The number of carbonyl (C=O) groups excluding carboxylic acids is 1. The Balaban J connectivity index is 1.99. The van der Waals surface area contributed by atoms with E-state index in [0.29, 0.717) is 5.92 Å². The highest BCUT2D eigenvalue weighted by molar-refractivity contribution is 6.30. The monoisotopic (exact) mass is 238 g/mol. The summed E-state index contributed by atoms with van der Waals surface area (Å²) in [5, 5.41) is 0.762. The van der Waals surface area contributed by atoms with E-state index >= 15 is 0 Å². The van der Waals surface area contributed by atoms with Gasteiger partial charge in [-0.1, -0.05) is 23.7 Å². The molecule has 86 valence electrons. The van der Waals surface area contributed by atoms with E-state index in [1.165, 1.54) is 5.56 Å². The predicted molar refractivity (Wildman–Crippen MR) is 64.6 cm³/mol. The van der Waals surface area contributed by atoms with Crippen LogP contribution in [-0.4, -0.2) is 24.0 Å². The normalized spacial score (nSPS) is 17.4. The first-order chi connectivity index (χ1) is 7.66. The zero-order valence-electron chi connectivity index (χ0n) is 9.03. The first-order valence-corrected chi connectivity index (χ1v) is 5.84. The van der Waals surface area contributed by atoms with E-state index in [9.17, 15) is 4.79 Å². The SMILES string of the molecule is NC(=O)N1CCC(c2ccc(Cl)cc2)CC1. The molecule has 1 aliphatic heterocycles. The lowest BCUT2D eigenvalue weighted by Gasteiger charge is -2.30. The number of primary amides is 1. The van der Waals surface area contributed by atoms with Gasteiger partial charge in [0.25, 0.3) is 0 Å². The van der Waals surface area contributed by atoms with Crippen molar-refractivity contribution in [3.63, 3.8) is 0 Å². The van der Waals surface area contributed by atoms with Crippen molar-refractivity contribution in [1.82, 2.24) is 4.90 Å². The molecule has 16 heavy (non-hydrogen) atoms. The van der Waals surface area contributed by atoms with E-state index in [0.717, 1.165) is 31.0 Å². The summed E-state index contributed by atoms with van der Waals surface area (Å²) in [6.07, 6.45) is 1.95. The molecule has 1 saturated heterocycles. The highest BCUT2D eigenvalue weighted by atomic mass is 35.5. The van der Waals surface area contributed by atoms with Gasteiger partial charge in [-0.3, -0.25) is 0 Å². The van der Waals surface area contributed by atoms with Crippen LogP contribution in [0.1, 0.15) is 24.3 Å². The Morgan fingerprint density at radius 2 is 1.81 bits per heavy atom. The molecule has 0 aliphatic carbocycles. The second-order valence-electron chi connectivity index (χ2n) is 4.15. The van der Waals surface area contributed by atoms with Gasteiger partial charge in [0, 0.05) is 18.1 Å². The highest BCUT2D eigenvalue weighted by Gasteiger charge is 2.22. The number of amides is 2. The fraction of sp³-hybridized carbons (Fsp3) is 0.417. The quantitative estimate of drug-likeness (QED) is 0.803. The van der Waals surface area contributed by atoms with Gasteiger partial charge in [-0.15, -0.1) is 0 Å². The van der Waals surface area contributed by atoms with E-state index in [4.69, 9.17) is 17.3 Å². The topological polar surface area (TPSA) is 46.3 Å². The van der Waals surface area contributed by atoms with Crippen LogP contribution in [0.5, 0.6) is 0 Å². The number of rotatable bonds is 1. The number of nitrogens with two attached hydrogens (primary N) is 1. The summed E-state index contributed by atoms with van der Waals surface area (Å²) in [4.78, 5) is 12.7.